The van der Waals surface area contributed by atoms with E-state index in [1.54, 1.807) is 6.07 Å². The summed E-state index contributed by atoms with van der Waals surface area (Å²) in [5.41, 5.74) is 8.22. The molecule has 0 bridgehead atoms. The Morgan fingerprint density at radius 2 is 1.89 bits per heavy atom. The van der Waals surface area contributed by atoms with Gasteiger partial charge in [-0.1, -0.05) is 63.0 Å². The van der Waals surface area contributed by atoms with E-state index in [4.69, 9.17) is 10.7 Å². The van der Waals surface area contributed by atoms with E-state index in [0.717, 1.165) is 80.6 Å². The highest BCUT2D eigenvalue weighted by molar-refractivity contribution is 5.65. The van der Waals surface area contributed by atoms with Gasteiger partial charge in [-0.25, -0.2) is 19.3 Å². The molecule has 0 amide bonds. The van der Waals surface area contributed by atoms with Crippen molar-refractivity contribution in [3.63, 3.8) is 0 Å². The summed E-state index contributed by atoms with van der Waals surface area (Å²) >= 11 is 0. The quantitative estimate of drug-likeness (QED) is 0.258. The number of benzene rings is 1. The Morgan fingerprint density at radius 3 is 2.63 bits per heavy atom. The van der Waals surface area contributed by atoms with Crippen LogP contribution in [0.3, 0.4) is 0 Å². The molecule has 0 atom stereocenters. The van der Waals surface area contributed by atoms with E-state index in [1.165, 1.54) is 44.5 Å². The van der Waals surface area contributed by atoms with Crippen molar-refractivity contribution in [3.8, 4) is 23.1 Å². The molecule has 3 heterocycles. The van der Waals surface area contributed by atoms with Gasteiger partial charge >= 0.3 is 0 Å². The van der Waals surface area contributed by atoms with Crippen LogP contribution >= 0.6 is 0 Å². The molecule has 2 aliphatic rings. The maximum Gasteiger partial charge on any atom is 0.150 e. The van der Waals surface area contributed by atoms with Crippen LogP contribution in [-0.4, -0.2) is 32.6 Å². The van der Waals surface area contributed by atoms with Gasteiger partial charge in [0.15, 0.2) is 0 Å². The number of hydrogen-bond acceptors (Lipinski definition) is 5. The summed E-state index contributed by atoms with van der Waals surface area (Å²) < 4.78 is 16.9. The summed E-state index contributed by atoms with van der Waals surface area (Å²) in [5, 5.41) is 0. The van der Waals surface area contributed by atoms with Gasteiger partial charge in [0.25, 0.3) is 0 Å². The molecule has 0 radical (unpaired) electrons. The number of rotatable bonds is 9. The van der Waals surface area contributed by atoms with Gasteiger partial charge in [0, 0.05) is 43.7 Å². The van der Waals surface area contributed by atoms with Gasteiger partial charge in [0.1, 0.15) is 35.2 Å². The zero-order valence-corrected chi connectivity index (χ0v) is 22.5. The topological polar surface area (TPSA) is 72.9 Å². The number of aryl methyl sites for hydroxylation is 1. The van der Waals surface area contributed by atoms with Crippen LogP contribution in [0.4, 0.5) is 16.0 Å². The van der Waals surface area contributed by atoms with Gasteiger partial charge in [0.2, 0.25) is 0 Å². The fourth-order valence-electron chi connectivity index (χ4n) is 5.60. The van der Waals surface area contributed by atoms with Crippen LogP contribution in [0.1, 0.15) is 88.4 Å². The summed E-state index contributed by atoms with van der Waals surface area (Å²) in [7, 11) is 0. The zero-order chi connectivity index (χ0) is 26.3. The molecule has 1 aliphatic carbocycles. The molecular formula is C31H39FN6. The number of halogens is 1. The second kappa shape index (κ2) is 12.4. The fraction of sp³-hybridized carbons (Fsp3) is 0.516. The predicted octanol–water partition coefficient (Wildman–Crippen LogP) is 6.57. The molecule has 1 saturated heterocycles. The molecule has 200 valence electrons. The standard InChI is InChI=1S/C31H39FN6/c1-2-3-4-14-26-29(33)34-22-35-31(26)37-19-16-24(17-20-37)30-36-28(25-13-5-6-15-27(25)32)21-38(30)18-8-7-10-23-11-9-12-23/h5-6,13,15,21-24H,2-3,7-12,16-20H2,1H3,(H2,33,34,35). The minimum Gasteiger partial charge on any atom is -0.382 e. The second-order valence-corrected chi connectivity index (χ2v) is 10.7. The van der Waals surface area contributed by atoms with E-state index in [9.17, 15) is 4.39 Å². The molecule has 7 heteroatoms. The number of aromatic nitrogens is 4. The van der Waals surface area contributed by atoms with Gasteiger partial charge in [-0.05, 0) is 43.7 Å². The van der Waals surface area contributed by atoms with Crippen molar-refractivity contribution >= 4 is 11.6 Å². The van der Waals surface area contributed by atoms with Gasteiger partial charge in [-0.3, -0.25) is 0 Å². The molecular weight excluding hydrogens is 475 g/mol. The molecule has 2 aromatic heterocycles. The van der Waals surface area contributed by atoms with Crippen LogP contribution in [0.25, 0.3) is 11.3 Å². The first kappa shape index (κ1) is 26.2. The third kappa shape index (κ3) is 6.01. The molecule has 38 heavy (non-hydrogen) atoms. The lowest BCUT2D eigenvalue weighted by Crippen LogP contribution is -2.35. The average Bonchev–Trinajstić information content (AvgIpc) is 3.33. The Hall–Kier alpha value is -3.40. The zero-order valence-electron chi connectivity index (χ0n) is 22.5. The summed E-state index contributed by atoms with van der Waals surface area (Å²) in [6, 6.07) is 6.95. The number of nitrogens with zero attached hydrogens (tertiary/aromatic N) is 5. The molecule has 2 fully saturated rings. The third-order valence-electron chi connectivity index (χ3n) is 8.05. The average molecular weight is 515 g/mol. The fourth-order valence-corrected chi connectivity index (χ4v) is 5.60. The van der Waals surface area contributed by atoms with Crippen molar-refractivity contribution in [2.75, 3.05) is 23.7 Å². The predicted molar refractivity (Wildman–Crippen MR) is 151 cm³/mol. The smallest absolute Gasteiger partial charge is 0.150 e. The van der Waals surface area contributed by atoms with Crippen LogP contribution in [0, 0.1) is 23.6 Å². The molecule has 0 spiro atoms. The molecule has 3 aromatic rings. The maximum absolute atomic E-state index is 14.6. The Kier molecular flexibility index (Phi) is 8.58. The Labute approximate surface area is 225 Å². The van der Waals surface area contributed by atoms with Crippen LogP contribution < -0.4 is 10.6 Å². The molecule has 6 nitrogen and oxygen atoms in total. The van der Waals surface area contributed by atoms with Gasteiger partial charge in [-0.15, -0.1) is 0 Å². The largest absolute Gasteiger partial charge is 0.382 e. The van der Waals surface area contributed by atoms with Gasteiger partial charge in [-0.2, -0.15) is 0 Å². The molecule has 1 saturated carbocycles. The van der Waals surface area contributed by atoms with E-state index in [2.05, 4.69) is 44.4 Å². The van der Waals surface area contributed by atoms with Crippen LogP contribution in [-0.2, 0) is 6.54 Å². The van der Waals surface area contributed by atoms with Crippen molar-refractivity contribution in [3.05, 3.63) is 54.0 Å². The summed E-state index contributed by atoms with van der Waals surface area (Å²) in [5.74, 6) is 9.77. The highest BCUT2D eigenvalue weighted by atomic mass is 19.1. The lowest BCUT2D eigenvalue weighted by molar-refractivity contribution is 0.285. The summed E-state index contributed by atoms with van der Waals surface area (Å²) in [6.07, 6.45) is 15.2. The normalized spacial score (nSPS) is 16.2. The molecule has 0 unspecified atom stereocenters. The lowest BCUT2D eigenvalue weighted by Gasteiger charge is -2.33. The van der Waals surface area contributed by atoms with Crippen molar-refractivity contribution in [1.82, 2.24) is 19.5 Å². The van der Waals surface area contributed by atoms with Crippen molar-refractivity contribution < 1.29 is 4.39 Å². The first-order valence-corrected chi connectivity index (χ1v) is 14.3. The number of imidazole rings is 1. The highest BCUT2D eigenvalue weighted by Crippen LogP contribution is 2.34. The minimum absolute atomic E-state index is 0.221. The van der Waals surface area contributed by atoms with Crippen molar-refractivity contribution in [2.45, 2.75) is 83.6 Å². The monoisotopic (exact) mass is 514 g/mol. The van der Waals surface area contributed by atoms with E-state index >= 15 is 0 Å². The Balaban J connectivity index is 1.32. The van der Waals surface area contributed by atoms with Gasteiger partial charge < -0.3 is 15.2 Å². The van der Waals surface area contributed by atoms with Crippen molar-refractivity contribution in [1.29, 1.82) is 0 Å². The maximum atomic E-state index is 14.6. The van der Waals surface area contributed by atoms with E-state index in [1.807, 2.05) is 12.1 Å². The summed E-state index contributed by atoms with van der Waals surface area (Å²) in [6.45, 7) is 4.73. The number of nitrogens with two attached hydrogens (primary N) is 1. The SMILES string of the molecule is CCCC#Cc1c(N)ncnc1N1CCC(c2nc(-c3ccccc3F)cn2CCCCC2CCC2)CC1. The van der Waals surface area contributed by atoms with E-state index in [0.29, 0.717) is 17.3 Å². The molecule has 2 N–H and O–H groups in total. The van der Waals surface area contributed by atoms with Crippen molar-refractivity contribution in [2.24, 2.45) is 5.92 Å². The second-order valence-electron chi connectivity index (χ2n) is 10.7. The summed E-state index contributed by atoms with van der Waals surface area (Å²) in [4.78, 5) is 16.0. The number of hydrogen-bond donors (Lipinski definition) is 1. The third-order valence-corrected chi connectivity index (χ3v) is 8.05. The minimum atomic E-state index is -0.221. The Morgan fingerprint density at radius 1 is 1.08 bits per heavy atom. The highest BCUT2D eigenvalue weighted by Gasteiger charge is 2.28. The first-order chi connectivity index (χ1) is 18.6. The number of anilines is 2. The van der Waals surface area contributed by atoms with Crippen LogP contribution in [0.5, 0.6) is 0 Å². The molecule has 1 aromatic carbocycles. The lowest BCUT2D eigenvalue weighted by atomic mass is 9.82. The van der Waals surface area contributed by atoms with Crippen LogP contribution in [0.15, 0.2) is 36.8 Å². The number of unbranched alkanes of at least 4 members (excludes halogenated alkanes) is 2. The van der Waals surface area contributed by atoms with E-state index < -0.39 is 0 Å². The van der Waals surface area contributed by atoms with Gasteiger partial charge in [0.05, 0.1) is 5.69 Å². The first-order valence-electron chi connectivity index (χ1n) is 14.3. The van der Waals surface area contributed by atoms with Crippen LogP contribution in [0.2, 0.25) is 0 Å². The number of nitrogen functional groups attached to an aromatic ring is 1. The number of piperidine rings is 1. The Bertz CT molecular complexity index is 1280. The molecule has 1 aliphatic heterocycles. The molecule has 5 rings (SSSR count). The van der Waals surface area contributed by atoms with E-state index in [-0.39, 0.29) is 5.82 Å².